The van der Waals surface area contributed by atoms with E-state index >= 15 is 0 Å². The minimum absolute atomic E-state index is 0.0975. The van der Waals surface area contributed by atoms with Crippen molar-refractivity contribution >= 4 is 0 Å². The van der Waals surface area contributed by atoms with Crippen LogP contribution in [0.1, 0.15) is 152 Å². The van der Waals surface area contributed by atoms with Gasteiger partial charge in [0.1, 0.15) is 36.6 Å². The molecule has 7 aliphatic heterocycles. The first-order valence-electron chi connectivity index (χ1n) is 31.8. The lowest BCUT2D eigenvalue weighted by Gasteiger charge is -2.59. The van der Waals surface area contributed by atoms with Crippen molar-refractivity contribution in [3.8, 4) is 0 Å². The van der Waals surface area contributed by atoms with Gasteiger partial charge in [-0.25, -0.2) is 0 Å². The van der Waals surface area contributed by atoms with Crippen molar-refractivity contribution in [2.24, 2.45) is 28.6 Å². The van der Waals surface area contributed by atoms with Crippen molar-refractivity contribution in [2.45, 2.75) is 317 Å². The van der Waals surface area contributed by atoms with E-state index < -0.39 is 159 Å². The Bertz CT molecular complexity index is 2200. The van der Waals surface area contributed by atoms with Gasteiger partial charge >= 0.3 is 0 Å². The number of allylic oxidation sites excluding steroid dienone is 1. The Balaban J connectivity index is 0.647. The van der Waals surface area contributed by atoms with E-state index in [0.29, 0.717) is 49.9 Å². The predicted octanol–water partition coefficient (Wildman–Crippen LogP) is 5.66. The molecule has 1 spiro atoms. The second-order valence-corrected chi connectivity index (χ2v) is 27.2. The molecule has 0 radical (unpaired) electrons. The summed E-state index contributed by atoms with van der Waals surface area (Å²) in [7, 11) is 6.42. The minimum Gasteiger partial charge on any atom is -0.393 e. The van der Waals surface area contributed by atoms with Gasteiger partial charge in [-0.1, -0.05) is 25.5 Å². The highest BCUT2D eigenvalue weighted by Gasteiger charge is 2.66. The molecule has 482 valence electrons. The van der Waals surface area contributed by atoms with Crippen molar-refractivity contribution in [1.82, 2.24) is 0 Å². The Morgan fingerprint density at radius 1 is 0.571 bits per heavy atom. The number of ether oxygens (including phenoxy) is 18. The number of methoxy groups -OCH3 is 4. The van der Waals surface area contributed by atoms with E-state index in [4.69, 9.17) is 85.3 Å². The summed E-state index contributed by atoms with van der Waals surface area (Å²) >= 11 is 0. The van der Waals surface area contributed by atoms with Gasteiger partial charge in [0.05, 0.1) is 97.5 Å². The second-order valence-electron chi connectivity index (χ2n) is 27.2. The van der Waals surface area contributed by atoms with E-state index in [9.17, 15) is 20.4 Å². The fourth-order valence-corrected chi connectivity index (χ4v) is 17.6. The lowest BCUT2D eigenvalue weighted by Crippen LogP contribution is -2.62. The van der Waals surface area contributed by atoms with Gasteiger partial charge in [-0.15, -0.1) is 0 Å². The van der Waals surface area contributed by atoms with E-state index in [1.54, 1.807) is 35.4 Å². The first-order chi connectivity index (χ1) is 40.0. The predicted molar refractivity (Wildman–Crippen MR) is 296 cm³/mol. The molecular formula is C62H102O22. The minimum atomic E-state index is -1.53. The van der Waals surface area contributed by atoms with Gasteiger partial charge in [0.25, 0.3) is 5.97 Å². The van der Waals surface area contributed by atoms with Crippen LogP contribution in [0.25, 0.3) is 0 Å². The Morgan fingerprint density at radius 3 is 1.74 bits per heavy atom. The van der Waals surface area contributed by atoms with E-state index in [2.05, 4.69) is 19.9 Å². The molecule has 7 saturated heterocycles. The molecule has 84 heavy (non-hydrogen) atoms. The van der Waals surface area contributed by atoms with Crippen LogP contribution in [-0.4, -0.2) is 221 Å². The Kier molecular flexibility index (Phi) is 19.8. The van der Waals surface area contributed by atoms with E-state index in [0.717, 1.165) is 44.9 Å². The largest absolute Gasteiger partial charge is 0.393 e. The molecule has 7 heterocycles. The van der Waals surface area contributed by atoms with Crippen molar-refractivity contribution in [2.75, 3.05) is 35.2 Å². The molecule has 11 rings (SSSR count). The van der Waals surface area contributed by atoms with Crippen molar-refractivity contribution in [3.05, 3.63) is 11.6 Å². The zero-order valence-electron chi connectivity index (χ0n) is 52.0. The third-order valence-electron chi connectivity index (χ3n) is 22.4. The van der Waals surface area contributed by atoms with Crippen molar-refractivity contribution in [3.63, 3.8) is 0 Å². The van der Waals surface area contributed by atoms with Crippen LogP contribution in [0, 0.1) is 28.6 Å². The fourth-order valence-electron chi connectivity index (χ4n) is 17.6. The summed E-state index contributed by atoms with van der Waals surface area (Å²) in [6.07, 6.45) is -2.73. The number of hydrogen-bond acceptors (Lipinski definition) is 22. The number of rotatable bonds is 15. The SMILES string of the molecule is CO[C@H]1C[C@H](O[C@@H]2[C@@H](C)O[C@@]3(C[C@H]2OC)OCO[C@@H]2C[C@H](O[C@@H](C)[C@@]4(O)CC[C@H]5[C@@H]6CC=C7C[C@@H](O)CC[C@]7(C)[C@H]6CC[C@@]54C)O[C@H](C)[C@H]2O3)O[C@H](C)[C@H]1O[C@H]1C[C@@H](O)[C@H](O[C@H]2C[C@H](OC)[C@H](O[C@H]3C[C@@H](OC)[C@H](O)[C@@H](C)O3)[C@@H](C)O2)[C@@H](C)O1. The molecular weight excluding hydrogens is 1100 g/mol. The molecule has 0 aromatic rings. The summed E-state index contributed by atoms with van der Waals surface area (Å²) in [5, 5.41) is 45.4. The average molecular weight is 1200 g/mol. The molecule has 4 N–H and O–H groups in total. The maximum Gasteiger partial charge on any atom is 0.288 e. The van der Waals surface area contributed by atoms with Gasteiger partial charge in [0.2, 0.25) is 0 Å². The molecule has 3 saturated carbocycles. The average Bonchev–Trinajstić information content (AvgIpc) is 1.76. The van der Waals surface area contributed by atoms with E-state index in [1.165, 1.54) is 5.57 Å². The van der Waals surface area contributed by atoms with Gasteiger partial charge < -0.3 is 106 Å². The number of hydrogen-bond donors (Lipinski definition) is 4. The van der Waals surface area contributed by atoms with Crippen LogP contribution < -0.4 is 0 Å². The molecule has 22 nitrogen and oxygen atoms in total. The molecule has 0 unspecified atom stereocenters. The summed E-state index contributed by atoms with van der Waals surface area (Å²) < 4.78 is 114. The Hall–Kier alpha value is -1.14. The highest BCUT2D eigenvalue weighted by molar-refractivity contribution is 5.26. The van der Waals surface area contributed by atoms with Crippen molar-refractivity contribution < 1.29 is 106 Å². The lowest BCUT2D eigenvalue weighted by molar-refractivity contribution is -0.447. The molecule has 22 heteroatoms. The first-order valence-corrected chi connectivity index (χ1v) is 31.8. The molecule has 32 atom stereocenters. The Labute approximate surface area is 496 Å². The van der Waals surface area contributed by atoms with Crippen LogP contribution in [0.2, 0.25) is 0 Å². The van der Waals surface area contributed by atoms with Crippen LogP contribution in [0.4, 0.5) is 0 Å². The van der Waals surface area contributed by atoms with Crippen LogP contribution in [-0.2, 0) is 85.3 Å². The van der Waals surface area contributed by atoms with Gasteiger partial charge in [-0.3, -0.25) is 0 Å². The summed E-state index contributed by atoms with van der Waals surface area (Å²) in [6.45, 7) is 17.9. The van der Waals surface area contributed by atoms with E-state index in [1.807, 2.05) is 41.5 Å². The normalized spacial score (nSPS) is 53.9. The van der Waals surface area contributed by atoms with Gasteiger partial charge in [-0.05, 0) is 123 Å². The fraction of sp³-hybridized carbons (Fsp3) is 0.968. The monoisotopic (exact) mass is 1200 g/mol. The van der Waals surface area contributed by atoms with Crippen LogP contribution >= 0.6 is 0 Å². The highest BCUT2D eigenvalue weighted by Crippen LogP contribution is 2.68. The topological polar surface area (TPSA) is 247 Å². The number of aliphatic hydroxyl groups excluding tert-OH is 3. The Morgan fingerprint density at radius 2 is 1.12 bits per heavy atom. The zero-order chi connectivity index (χ0) is 59.8. The number of aliphatic hydroxyl groups is 4. The molecule has 0 bridgehead atoms. The second kappa shape index (κ2) is 25.9. The van der Waals surface area contributed by atoms with Gasteiger partial charge in [0.15, 0.2) is 38.2 Å². The first kappa shape index (κ1) is 64.4. The van der Waals surface area contributed by atoms with Crippen LogP contribution in [0.15, 0.2) is 11.6 Å². The number of fused-ring (bicyclic) bond motifs is 6. The molecule has 0 aromatic heterocycles. The zero-order valence-corrected chi connectivity index (χ0v) is 52.0. The molecule has 0 aromatic carbocycles. The third-order valence-corrected chi connectivity index (χ3v) is 22.4. The quantitative estimate of drug-likeness (QED) is 0.144. The molecule has 0 amide bonds. The van der Waals surface area contributed by atoms with Crippen LogP contribution in [0.5, 0.6) is 0 Å². The maximum atomic E-state index is 12.8. The lowest BCUT2D eigenvalue weighted by atomic mass is 9.46. The standard InChI is InChI=1S/C62H102O22/c1-30-53(65)43(67-10)24-50(73-30)81-56-33(4)75-51(25-44(56)68-11)79-54-31(2)74-48(23-42(54)64)80-55-32(3)76-52(26-45(55)69-12)82-57-35(6)83-62(28-47(57)70-13)72-29-71-46-27-49(77-34(5)58(46)84-62)78-36(7)61(66)21-18-41-39-15-14-37-22-38(63)16-19-59(37,8)40(39)17-20-60(41,61)9/h14,30-36,38-58,63-66H,15-29H2,1-13H3/t30-,31-,32-,33-,34-,35-,36+,38+,39-,40+,41+,42-,43-,44+,45+,46-,47-,48+,49+,50+,51+,52+,53-,54-,55-,56-,57-,58-,59+,60+,61+,62-/m1/s1. The van der Waals surface area contributed by atoms with Gasteiger partial charge in [-0.2, -0.15) is 0 Å². The molecule has 10 fully saturated rings. The molecule has 4 aliphatic carbocycles. The molecule has 11 aliphatic rings. The summed E-state index contributed by atoms with van der Waals surface area (Å²) in [4.78, 5) is 0. The maximum absolute atomic E-state index is 12.8. The van der Waals surface area contributed by atoms with E-state index in [-0.39, 0.29) is 36.6 Å². The van der Waals surface area contributed by atoms with Gasteiger partial charge in [0, 0.05) is 66.0 Å². The van der Waals surface area contributed by atoms with Crippen LogP contribution in [0.3, 0.4) is 0 Å². The summed E-state index contributed by atoms with van der Waals surface area (Å²) in [5.41, 5.74) is 0.250. The third kappa shape index (κ3) is 12.3. The smallest absolute Gasteiger partial charge is 0.288 e. The van der Waals surface area contributed by atoms with Crippen molar-refractivity contribution in [1.29, 1.82) is 0 Å². The summed E-state index contributed by atoms with van der Waals surface area (Å²) in [6, 6.07) is 0. The highest BCUT2D eigenvalue weighted by atomic mass is 16.9. The summed E-state index contributed by atoms with van der Waals surface area (Å²) in [5.74, 6) is -0.0700.